The molecule has 2 N–H and O–H groups in total. The highest BCUT2D eigenvalue weighted by atomic mass is 32.2. The Hall–Kier alpha value is -1.15. The summed E-state index contributed by atoms with van der Waals surface area (Å²) in [6.07, 6.45) is 2.14. The SMILES string of the molecule is CS(=O)CCCNC(=O)N1CCOCC1CC(=O)O. The molecular formula is C11H20N2O5S. The standard InChI is InChI=1S/C11H20N2O5S/c1-19(17)6-2-3-12-11(16)13-4-5-18-8-9(13)7-10(14)15/h9H,2-8H2,1H3,(H,12,16)(H,14,15). The average Bonchev–Trinajstić information content (AvgIpc) is 2.34. The van der Waals surface area contributed by atoms with Gasteiger partial charge < -0.3 is 20.1 Å². The van der Waals surface area contributed by atoms with E-state index in [1.165, 1.54) is 4.90 Å². The normalized spacial score (nSPS) is 20.9. The van der Waals surface area contributed by atoms with Crippen LogP contribution in [-0.4, -0.2) is 70.6 Å². The van der Waals surface area contributed by atoms with Crippen LogP contribution in [0.15, 0.2) is 0 Å². The number of amides is 2. The lowest BCUT2D eigenvalue weighted by atomic mass is 10.1. The molecule has 0 saturated carbocycles. The zero-order chi connectivity index (χ0) is 14.3. The van der Waals surface area contributed by atoms with E-state index in [9.17, 15) is 13.8 Å². The number of aliphatic carboxylic acids is 1. The minimum atomic E-state index is -0.949. The Morgan fingerprint density at radius 3 is 2.89 bits per heavy atom. The van der Waals surface area contributed by atoms with Crippen LogP contribution in [0.5, 0.6) is 0 Å². The Balaban J connectivity index is 2.38. The van der Waals surface area contributed by atoms with Gasteiger partial charge in [0, 0.05) is 35.9 Å². The molecule has 1 aliphatic heterocycles. The molecule has 0 spiro atoms. The Morgan fingerprint density at radius 1 is 1.53 bits per heavy atom. The maximum atomic E-state index is 11.9. The molecule has 1 rings (SSSR count). The van der Waals surface area contributed by atoms with Gasteiger partial charge in [0.15, 0.2) is 0 Å². The summed E-state index contributed by atoms with van der Waals surface area (Å²) in [5, 5.41) is 11.5. The van der Waals surface area contributed by atoms with Crippen molar-refractivity contribution < 1.29 is 23.6 Å². The largest absolute Gasteiger partial charge is 0.481 e. The zero-order valence-electron chi connectivity index (χ0n) is 11.0. The molecular weight excluding hydrogens is 272 g/mol. The molecule has 2 atom stereocenters. The molecule has 7 nitrogen and oxygen atoms in total. The number of nitrogens with one attached hydrogen (secondary N) is 1. The predicted octanol–water partition coefficient (Wildman–Crippen LogP) is -0.360. The second-order valence-corrected chi connectivity index (χ2v) is 5.94. The number of carboxylic acid groups (broad SMARTS) is 1. The number of hydrogen-bond acceptors (Lipinski definition) is 4. The van der Waals surface area contributed by atoms with E-state index in [4.69, 9.17) is 9.84 Å². The highest BCUT2D eigenvalue weighted by molar-refractivity contribution is 7.84. The Kier molecular flexibility index (Phi) is 6.79. The number of hydrogen-bond donors (Lipinski definition) is 2. The minimum absolute atomic E-state index is 0.119. The maximum Gasteiger partial charge on any atom is 0.317 e. The first kappa shape index (κ1) is 15.9. The van der Waals surface area contributed by atoms with Crippen molar-refractivity contribution in [1.29, 1.82) is 0 Å². The van der Waals surface area contributed by atoms with Gasteiger partial charge in [0.2, 0.25) is 0 Å². The zero-order valence-corrected chi connectivity index (χ0v) is 11.8. The number of morpholine rings is 1. The van der Waals surface area contributed by atoms with Gasteiger partial charge >= 0.3 is 12.0 Å². The fourth-order valence-electron chi connectivity index (χ4n) is 1.87. The average molecular weight is 292 g/mol. The summed E-state index contributed by atoms with van der Waals surface area (Å²) in [6.45, 7) is 1.50. The van der Waals surface area contributed by atoms with Gasteiger partial charge in [0.05, 0.1) is 25.7 Å². The van der Waals surface area contributed by atoms with E-state index in [1.54, 1.807) is 6.26 Å². The van der Waals surface area contributed by atoms with E-state index >= 15 is 0 Å². The topological polar surface area (TPSA) is 95.9 Å². The van der Waals surface area contributed by atoms with Gasteiger partial charge in [0.1, 0.15) is 0 Å². The lowest BCUT2D eigenvalue weighted by Gasteiger charge is -2.34. The van der Waals surface area contributed by atoms with Crippen molar-refractivity contribution >= 4 is 22.8 Å². The maximum absolute atomic E-state index is 11.9. The molecule has 1 fully saturated rings. The lowest BCUT2D eigenvalue weighted by Crippen LogP contribution is -2.53. The molecule has 2 unspecified atom stereocenters. The predicted molar refractivity (Wildman–Crippen MR) is 70.5 cm³/mol. The third-order valence-corrected chi connectivity index (χ3v) is 3.65. The van der Waals surface area contributed by atoms with Crippen LogP contribution in [0.2, 0.25) is 0 Å². The summed E-state index contributed by atoms with van der Waals surface area (Å²) in [7, 11) is -0.862. The molecule has 0 aliphatic carbocycles. The summed E-state index contributed by atoms with van der Waals surface area (Å²) in [5.74, 6) is -0.406. The summed E-state index contributed by atoms with van der Waals surface area (Å²) < 4.78 is 16.1. The third-order valence-electron chi connectivity index (χ3n) is 2.78. The number of rotatable bonds is 6. The molecule has 0 bridgehead atoms. The van der Waals surface area contributed by atoms with Crippen LogP contribution in [0, 0.1) is 0 Å². The van der Waals surface area contributed by atoms with Crippen LogP contribution in [0.25, 0.3) is 0 Å². The second-order valence-electron chi connectivity index (χ2n) is 4.38. The number of ether oxygens (including phenoxy) is 1. The van der Waals surface area contributed by atoms with Gasteiger partial charge in [-0.2, -0.15) is 0 Å². The first-order valence-electron chi connectivity index (χ1n) is 6.14. The number of carbonyl (C=O) groups excluding carboxylic acids is 1. The van der Waals surface area contributed by atoms with Crippen molar-refractivity contribution in [3.05, 3.63) is 0 Å². The number of carboxylic acids is 1. The van der Waals surface area contributed by atoms with Crippen molar-refractivity contribution in [3.63, 3.8) is 0 Å². The second kappa shape index (κ2) is 8.11. The van der Waals surface area contributed by atoms with E-state index in [2.05, 4.69) is 5.32 Å². The van der Waals surface area contributed by atoms with Gasteiger partial charge in [-0.3, -0.25) is 9.00 Å². The van der Waals surface area contributed by atoms with Crippen LogP contribution >= 0.6 is 0 Å². The van der Waals surface area contributed by atoms with E-state index in [-0.39, 0.29) is 19.1 Å². The molecule has 2 amide bonds. The summed E-state index contributed by atoms with van der Waals surface area (Å²) in [6, 6.07) is -0.706. The molecule has 110 valence electrons. The van der Waals surface area contributed by atoms with Crippen LogP contribution in [-0.2, 0) is 20.3 Å². The van der Waals surface area contributed by atoms with E-state index in [1.807, 2.05) is 0 Å². The lowest BCUT2D eigenvalue weighted by molar-refractivity contribution is -0.139. The fourth-order valence-corrected chi connectivity index (χ4v) is 2.42. The smallest absolute Gasteiger partial charge is 0.317 e. The van der Waals surface area contributed by atoms with Gasteiger partial charge in [-0.25, -0.2) is 4.79 Å². The highest BCUT2D eigenvalue weighted by Crippen LogP contribution is 2.10. The van der Waals surface area contributed by atoms with E-state index in [0.29, 0.717) is 31.9 Å². The quantitative estimate of drug-likeness (QED) is 0.652. The molecule has 8 heteroatoms. The van der Waals surface area contributed by atoms with Gasteiger partial charge in [0.25, 0.3) is 0 Å². The van der Waals surface area contributed by atoms with Crippen LogP contribution in [0.3, 0.4) is 0 Å². The van der Waals surface area contributed by atoms with Crippen molar-refractivity contribution in [2.45, 2.75) is 18.9 Å². The first-order valence-corrected chi connectivity index (χ1v) is 7.87. The molecule has 19 heavy (non-hydrogen) atoms. The van der Waals surface area contributed by atoms with Gasteiger partial charge in [-0.1, -0.05) is 0 Å². The van der Waals surface area contributed by atoms with Crippen LogP contribution in [0.1, 0.15) is 12.8 Å². The van der Waals surface area contributed by atoms with Gasteiger partial charge in [-0.05, 0) is 6.42 Å². The number of carbonyl (C=O) groups is 2. The summed E-state index contributed by atoms with van der Waals surface area (Å²) in [4.78, 5) is 24.1. The Labute approximate surface area is 114 Å². The molecule has 1 saturated heterocycles. The van der Waals surface area contributed by atoms with Crippen LogP contribution < -0.4 is 5.32 Å². The fraction of sp³-hybridized carbons (Fsp3) is 0.818. The van der Waals surface area contributed by atoms with E-state index < -0.39 is 22.8 Å². The first-order chi connectivity index (χ1) is 9.00. The molecule has 1 aliphatic rings. The van der Waals surface area contributed by atoms with Crippen molar-refractivity contribution in [2.24, 2.45) is 0 Å². The molecule has 0 aromatic carbocycles. The summed E-state index contributed by atoms with van der Waals surface area (Å²) in [5.41, 5.74) is 0. The molecule has 1 heterocycles. The van der Waals surface area contributed by atoms with Crippen molar-refractivity contribution in [3.8, 4) is 0 Å². The molecule has 0 aromatic heterocycles. The molecule has 0 radical (unpaired) electrons. The van der Waals surface area contributed by atoms with Crippen molar-refractivity contribution in [1.82, 2.24) is 10.2 Å². The molecule has 0 aromatic rings. The third kappa shape index (κ3) is 6.02. The minimum Gasteiger partial charge on any atom is -0.481 e. The highest BCUT2D eigenvalue weighted by Gasteiger charge is 2.28. The number of nitrogens with zero attached hydrogens (tertiary/aromatic N) is 1. The van der Waals surface area contributed by atoms with Crippen molar-refractivity contribution in [2.75, 3.05) is 38.3 Å². The Bertz CT molecular complexity index is 350. The number of urea groups is 1. The van der Waals surface area contributed by atoms with Gasteiger partial charge in [-0.15, -0.1) is 0 Å². The van der Waals surface area contributed by atoms with E-state index in [0.717, 1.165) is 0 Å². The monoisotopic (exact) mass is 292 g/mol. The summed E-state index contributed by atoms with van der Waals surface area (Å²) >= 11 is 0. The van der Waals surface area contributed by atoms with Crippen LogP contribution in [0.4, 0.5) is 4.79 Å². The Morgan fingerprint density at radius 2 is 2.26 bits per heavy atom.